The predicted molar refractivity (Wildman–Crippen MR) is 69.6 cm³/mol. The third-order valence-corrected chi connectivity index (χ3v) is 3.81. The molecule has 1 aliphatic heterocycles. The highest BCUT2D eigenvalue weighted by molar-refractivity contribution is 6.17. The summed E-state index contributed by atoms with van der Waals surface area (Å²) in [6.07, 6.45) is 4.11. The summed E-state index contributed by atoms with van der Waals surface area (Å²) in [5.41, 5.74) is 3.75. The van der Waals surface area contributed by atoms with Gasteiger partial charge in [0.15, 0.2) is 0 Å². The van der Waals surface area contributed by atoms with Crippen molar-refractivity contribution in [3.05, 3.63) is 17.0 Å². The topological polar surface area (TPSA) is 27.1 Å². The van der Waals surface area contributed by atoms with E-state index in [9.17, 15) is 0 Å². The maximum Gasteiger partial charge on any atom is 0.0669 e. The minimum absolute atomic E-state index is 0.501. The van der Waals surface area contributed by atoms with Crippen LogP contribution in [0.1, 0.15) is 49.7 Å². The molecule has 17 heavy (non-hydrogen) atoms. The molecule has 0 saturated carbocycles. The van der Waals surface area contributed by atoms with Gasteiger partial charge >= 0.3 is 0 Å². The molecule has 0 N–H and O–H groups in total. The zero-order valence-corrected chi connectivity index (χ0v) is 11.5. The lowest BCUT2D eigenvalue weighted by atomic mass is 10.1. The molecule has 0 aliphatic carbocycles. The third-order valence-electron chi connectivity index (χ3n) is 3.54. The number of hydrogen-bond acceptors (Lipinski definition) is 2. The van der Waals surface area contributed by atoms with E-state index in [1.165, 1.54) is 17.0 Å². The molecule has 1 aliphatic rings. The Kier molecular flexibility index (Phi) is 4.46. The molecule has 1 fully saturated rings. The lowest BCUT2D eigenvalue weighted by Gasteiger charge is -2.24. The molecule has 0 spiro atoms. The summed E-state index contributed by atoms with van der Waals surface area (Å²) in [4.78, 5) is 0. The van der Waals surface area contributed by atoms with Crippen molar-refractivity contribution in [3.8, 4) is 0 Å². The van der Waals surface area contributed by atoms with Crippen molar-refractivity contribution in [2.75, 3.05) is 13.2 Å². The summed E-state index contributed by atoms with van der Waals surface area (Å²) in [7, 11) is 0. The van der Waals surface area contributed by atoms with Gasteiger partial charge in [-0.1, -0.05) is 13.8 Å². The molecule has 2 rings (SSSR count). The Balaban J connectivity index is 2.34. The zero-order chi connectivity index (χ0) is 12.3. The van der Waals surface area contributed by atoms with Crippen LogP contribution in [0.25, 0.3) is 0 Å². The molecule has 0 aromatic carbocycles. The van der Waals surface area contributed by atoms with Crippen molar-refractivity contribution in [2.45, 2.75) is 51.5 Å². The maximum absolute atomic E-state index is 6.07. The van der Waals surface area contributed by atoms with Gasteiger partial charge < -0.3 is 4.74 Å². The van der Waals surface area contributed by atoms with Gasteiger partial charge in [0.25, 0.3) is 0 Å². The number of aromatic nitrogens is 2. The van der Waals surface area contributed by atoms with Crippen LogP contribution < -0.4 is 0 Å². The molecule has 0 unspecified atom stereocenters. The quantitative estimate of drug-likeness (QED) is 0.774. The van der Waals surface area contributed by atoms with Gasteiger partial charge in [-0.3, -0.25) is 4.68 Å². The van der Waals surface area contributed by atoms with E-state index in [0.29, 0.717) is 11.9 Å². The van der Waals surface area contributed by atoms with Crippen LogP contribution in [0.3, 0.4) is 0 Å². The smallest absolute Gasteiger partial charge is 0.0669 e. The number of rotatable bonds is 4. The van der Waals surface area contributed by atoms with E-state index in [1.807, 2.05) is 0 Å². The highest BCUT2D eigenvalue weighted by atomic mass is 35.5. The molecular formula is C13H21ClN2O. The molecule has 96 valence electrons. The average Bonchev–Trinajstić information content (AvgIpc) is 2.77. The average molecular weight is 257 g/mol. The summed E-state index contributed by atoms with van der Waals surface area (Å²) in [5.74, 6) is 0.579. The summed E-state index contributed by atoms with van der Waals surface area (Å²) < 4.78 is 7.64. The van der Waals surface area contributed by atoms with E-state index < -0.39 is 0 Å². The normalized spacial score (nSPS) is 17.6. The van der Waals surface area contributed by atoms with Gasteiger partial charge in [0.2, 0.25) is 0 Å². The lowest BCUT2D eigenvalue weighted by Crippen LogP contribution is -2.22. The molecule has 0 bridgehead atoms. The van der Waals surface area contributed by atoms with Crippen molar-refractivity contribution >= 4 is 11.6 Å². The maximum atomic E-state index is 6.07. The van der Waals surface area contributed by atoms with Gasteiger partial charge in [-0.05, 0) is 25.7 Å². The molecule has 1 aromatic heterocycles. The fourth-order valence-corrected chi connectivity index (χ4v) is 2.91. The van der Waals surface area contributed by atoms with E-state index in [4.69, 9.17) is 21.4 Å². The Labute approximate surface area is 108 Å². The summed E-state index contributed by atoms with van der Waals surface area (Å²) in [5, 5.41) is 4.77. The second-order valence-electron chi connectivity index (χ2n) is 4.50. The number of hydrogen-bond donors (Lipinski definition) is 0. The Hall–Kier alpha value is -0.540. The zero-order valence-electron chi connectivity index (χ0n) is 10.7. The molecular weight excluding hydrogens is 236 g/mol. The second kappa shape index (κ2) is 5.87. The van der Waals surface area contributed by atoms with Crippen LogP contribution in [0.2, 0.25) is 0 Å². The molecule has 2 heterocycles. The predicted octanol–water partition coefficient (Wildman–Crippen LogP) is 3.10. The Morgan fingerprint density at radius 1 is 1.29 bits per heavy atom. The number of ether oxygens (including phenoxy) is 1. The largest absolute Gasteiger partial charge is 0.381 e. The van der Waals surface area contributed by atoms with Crippen molar-refractivity contribution in [2.24, 2.45) is 0 Å². The van der Waals surface area contributed by atoms with Gasteiger partial charge in [0.05, 0.1) is 17.6 Å². The molecule has 1 aromatic rings. The van der Waals surface area contributed by atoms with Crippen LogP contribution in [-0.2, 0) is 23.5 Å². The fraction of sp³-hybridized carbons (Fsp3) is 0.769. The SMILES string of the molecule is CCc1nn(C2CCOCC2)c(CC)c1CCl. The first-order valence-electron chi connectivity index (χ1n) is 6.54. The monoisotopic (exact) mass is 256 g/mol. The van der Waals surface area contributed by atoms with Crippen molar-refractivity contribution < 1.29 is 4.74 Å². The van der Waals surface area contributed by atoms with E-state index in [2.05, 4.69) is 18.5 Å². The van der Waals surface area contributed by atoms with Crippen molar-refractivity contribution in [1.82, 2.24) is 9.78 Å². The molecule has 0 radical (unpaired) electrons. The fourth-order valence-electron chi connectivity index (χ4n) is 2.60. The van der Waals surface area contributed by atoms with E-state index in [1.54, 1.807) is 0 Å². The minimum atomic E-state index is 0.501. The van der Waals surface area contributed by atoms with Crippen LogP contribution in [0.4, 0.5) is 0 Å². The van der Waals surface area contributed by atoms with Crippen molar-refractivity contribution in [1.29, 1.82) is 0 Å². The summed E-state index contributed by atoms with van der Waals surface area (Å²) in [6.45, 7) is 6.03. The number of alkyl halides is 1. The van der Waals surface area contributed by atoms with Gasteiger partial charge in [-0.2, -0.15) is 5.10 Å². The second-order valence-corrected chi connectivity index (χ2v) is 4.77. The lowest BCUT2D eigenvalue weighted by molar-refractivity contribution is 0.0653. The first-order valence-corrected chi connectivity index (χ1v) is 7.08. The highest BCUT2D eigenvalue weighted by Gasteiger charge is 2.22. The summed E-state index contributed by atoms with van der Waals surface area (Å²) in [6, 6.07) is 0.501. The number of halogens is 1. The van der Waals surface area contributed by atoms with Crippen molar-refractivity contribution in [3.63, 3.8) is 0 Å². The molecule has 0 atom stereocenters. The van der Waals surface area contributed by atoms with E-state index in [0.717, 1.165) is 38.9 Å². The van der Waals surface area contributed by atoms with E-state index in [-0.39, 0.29) is 0 Å². The first-order chi connectivity index (χ1) is 8.31. The van der Waals surface area contributed by atoms with Crippen LogP contribution >= 0.6 is 11.6 Å². The van der Waals surface area contributed by atoms with Gasteiger partial charge in [-0.25, -0.2) is 0 Å². The Morgan fingerprint density at radius 2 is 2.00 bits per heavy atom. The van der Waals surface area contributed by atoms with Gasteiger partial charge in [-0.15, -0.1) is 11.6 Å². The van der Waals surface area contributed by atoms with Crippen LogP contribution in [0.5, 0.6) is 0 Å². The van der Waals surface area contributed by atoms with E-state index >= 15 is 0 Å². The van der Waals surface area contributed by atoms with Crippen LogP contribution in [-0.4, -0.2) is 23.0 Å². The number of nitrogens with zero attached hydrogens (tertiary/aromatic N) is 2. The first kappa shape index (κ1) is 12.9. The van der Waals surface area contributed by atoms with Crippen LogP contribution in [0.15, 0.2) is 0 Å². The molecule has 3 nitrogen and oxygen atoms in total. The molecule has 4 heteroatoms. The van der Waals surface area contributed by atoms with Gasteiger partial charge in [0.1, 0.15) is 0 Å². The van der Waals surface area contributed by atoms with Crippen LogP contribution in [0, 0.1) is 0 Å². The molecule has 1 saturated heterocycles. The summed E-state index contributed by atoms with van der Waals surface area (Å²) >= 11 is 6.07. The highest BCUT2D eigenvalue weighted by Crippen LogP contribution is 2.27. The minimum Gasteiger partial charge on any atom is -0.381 e. The third kappa shape index (κ3) is 2.50. The Morgan fingerprint density at radius 3 is 2.53 bits per heavy atom. The standard InChI is InChI=1S/C13H21ClN2O/c1-3-12-11(9-14)13(4-2)16(15-12)10-5-7-17-8-6-10/h10H,3-9H2,1-2H3. The van der Waals surface area contributed by atoms with Gasteiger partial charge in [0, 0.05) is 24.5 Å². The Bertz CT molecular complexity index is 370. The molecule has 0 amide bonds. The number of aryl methyl sites for hydroxylation is 1.